The van der Waals surface area contributed by atoms with E-state index in [0.29, 0.717) is 12.1 Å². The van der Waals surface area contributed by atoms with Crippen molar-refractivity contribution < 1.29 is 9.90 Å². The molecule has 2 aromatic rings. The molecule has 0 bridgehead atoms. The molecule has 0 aliphatic rings. The molecule has 4 nitrogen and oxygen atoms in total. The van der Waals surface area contributed by atoms with E-state index in [0.717, 1.165) is 11.3 Å². The van der Waals surface area contributed by atoms with E-state index in [4.69, 9.17) is 5.11 Å². The quantitative estimate of drug-likeness (QED) is 0.853. The first kappa shape index (κ1) is 10.4. The van der Waals surface area contributed by atoms with Gasteiger partial charge in [0.15, 0.2) is 0 Å². The van der Waals surface area contributed by atoms with Crippen molar-refractivity contribution in [3.63, 3.8) is 0 Å². The lowest BCUT2D eigenvalue weighted by Gasteiger charge is -2.05. The SMILES string of the molecule is Cc1ccnn1Cc1cccc(C(=O)O)c1. The molecule has 82 valence electrons. The number of aromatic nitrogens is 2. The van der Waals surface area contributed by atoms with Crippen molar-refractivity contribution in [3.05, 3.63) is 53.3 Å². The molecular weight excluding hydrogens is 204 g/mol. The van der Waals surface area contributed by atoms with Gasteiger partial charge in [-0.2, -0.15) is 5.10 Å². The summed E-state index contributed by atoms with van der Waals surface area (Å²) in [4.78, 5) is 10.8. The molecule has 0 spiro atoms. The van der Waals surface area contributed by atoms with E-state index >= 15 is 0 Å². The highest BCUT2D eigenvalue weighted by Crippen LogP contribution is 2.08. The lowest BCUT2D eigenvalue weighted by atomic mass is 10.1. The molecule has 16 heavy (non-hydrogen) atoms. The van der Waals surface area contributed by atoms with Crippen LogP contribution in [0.2, 0.25) is 0 Å². The molecule has 1 aromatic carbocycles. The first-order valence-corrected chi connectivity index (χ1v) is 4.97. The summed E-state index contributed by atoms with van der Waals surface area (Å²) >= 11 is 0. The Kier molecular flexibility index (Phi) is 2.72. The third-order valence-corrected chi connectivity index (χ3v) is 2.44. The topological polar surface area (TPSA) is 55.1 Å². The summed E-state index contributed by atoms with van der Waals surface area (Å²) in [7, 11) is 0. The first-order valence-electron chi connectivity index (χ1n) is 4.97. The van der Waals surface area contributed by atoms with Crippen molar-refractivity contribution in [1.29, 1.82) is 0 Å². The van der Waals surface area contributed by atoms with Gasteiger partial charge in [-0.05, 0) is 30.7 Å². The van der Waals surface area contributed by atoms with Crippen molar-refractivity contribution >= 4 is 5.97 Å². The number of hydrogen-bond donors (Lipinski definition) is 1. The van der Waals surface area contributed by atoms with Gasteiger partial charge in [-0.1, -0.05) is 12.1 Å². The van der Waals surface area contributed by atoms with Gasteiger partial charge < -0.3 is 5.11 Å². The van der Waals surface area contributed by atoms with Crippen molar-refractivity contribution in [2.75, 3.05) is 0 Å². The Balaban J connectivity index is 2.25. The summed E-state index contributed by atoms with van der Waals surface area (Å²) < 4.78 is 1.83. The Morgan fingerprint density at radius 3 is 2.88 bits per heavy atom. The van der Waals surface area contributed by atoms with Gasteiger partial charge >= 0.3 is 5.97 Å². The molecule has 1 heterocycles. The van der Waals surface area contributed by atoms with Crippen LogP contribution in [-0.2, 0) is 6.54 Å². The minimum Gasteiger partial charge on any atom is -0.478 e. The van der Waals surface area contributed by atoms with Crippen molar-refractivity contribution in [2.45, 2.75) is 13.5 Å². The monoisotopic (exact) mass is 216 g/mol. The number of carbonyl (C=O) groups is 1. The average molecular weight is 216 g/mol. The van der Waals surface area contributed by atoms with Crippen LogP contribution in [0, 0.1) is 6.92 Å². The number of aryl methyl sites for hydroxylation is 1. The van der Waals surface area contributed by atoms with E-state index in [1.165, 1.54) is 0 Å². The van der Waals surface area contributed by atoms with Gasteiger partial charge in [0, 0.05) is 11.9 Å². The van der Waals surface area contributed by atoms with Gasteiger partial charge in [0.1, 0.15) is 0 Å². The third-order valence-electron chi connectivity index (χ3n) is 2.44. The van der Waals surface area contributed by atoms with E-state index in [1.54, 1.807) is 24.4 Å². The van der Waals surface area contributed by atoms with Crippen molar-refractivity contribution in [2.24, 2.45) is 0 Å². The molecule has 0 amide bonds. The zero-order valence-electron chi connectivity index (χ0n) is 8.92. The second-order valence-electron chi connectivity index (χ2n) is 3.64. The zero-order chi connectivity index (χ0) is 11.5. The maximum absolute atomic E-state index is 10.8. The number of benzene rings is 1. The normalized spacial score (nSPS) is 10.3. The molecule has 0 atom stereocenters. The van der Waals surface area contributed by atoms with Gasteiger partial charge in [-0.15, -0.1) is 0 Å². The summed E-state index contributed by atoms with van der Waals surface area (Å²) in [6, 6.07) is 8.82. The fourth-order valence-corrected chi connectivity index (χ4v) is 1.54. The summed E-state index contributed by atoms with van der Waals surface area (Å²) in [5, 5.41) is 13.0. The van der Waals surface area contributed by atoms with Crippen LogP contribution in [0.5, 0.6) is 0 Å². The molecule has 1 aromatic heterocycles. The Labute approximate surface area is 93.1 Å². The number of carboxylic acids is 1. The Bertz CT molecular complexity index is 517. The van der Waals surface area contributed by atoms with Gasteiger partial charge in [0.05, 0.1) is 12.1 Å². The smallest absolute Gasteiger partial charge is 0.335 e. The highest BCUT2D eigenvalue weighted by molar-refractivity contribution is 5.87. The molecule has 0 radical (unpaired) electrons. The minimum atomic E-state index is -0.904. The van der Waals surface area contributed by atoms with Crippen LogP contribution in [0.1, 0.15) is 21.6 Å². The summed E-state index contributed by atoms with van der Waals surface area (Å²) in [5.74, 6) is -0.904. The fraction of sp³-hybridized carbons (Fsp3) is 0.167. The molecule has 0 aliphatic carbocycles. The summed E-state index contributed by atoms with van der Waals surface area (Å²) in [6.45, 7) is 2.56. The number of aromatic carboxylic acids is 1. The van der Waals surface area contributed by atoms with Crippen LogP contribution in [0.15, 0.2) is 36.5 Å². The average Bonchev–Trinajstić information content (AvgIpc) is 2.65. The molecular formula is C12H12N2O2. The Hall–Kier alpha value is -2.10. The predicted molar refractivity (Wildman–Crippen MR) is 59.5 cm³/mol. The molecule has 0 saturated heterocycles. The fourth-order valence-electron chi connectivity index (χ4n) is 1.54. The van der Waals surface area contributed by atoms with E-state index in [9.17, 15) is 4.79 Å². The summed E-state index contributed by atoms with van der Waals surface area (Å²) in [5.41, 5.74) is 2.30. The molecule has 0 unspecified atom stereocenters. The van der Waals surface area contributed by atoms with E-state index in [-0.39, 0.29) is 0 Å². The number of nitrogens with zero attached hydrogens (tertiary/aromatic N) is 2. The Morgan fingerprint density at radius 2 is 2.25 bits per heavy atom. The number of rotatable bonds is 3. The highest BCUT2D eigenvalue weighted by Gasteiger charge is 2.04. The van der Waals surface area contributed by atoms with Crippen LogP contribution in [0.4, 0.5) is 0 Å². The van der Waals surface area contributed by atoms with E-state index in [2.05, 4.69) is 5.10 Å². The van der Waals surface area contributed by atoms with Crippen LogP contribution >= 0.6 is 0 Å². The number of carboxylic acid groups (broad SMARTS) is 1. The lowest BCUT2D eigenvalue weighted by molar-refractivity contribution is 0.0696. The zero-order valence-corrected chi connectivity index (χ0v) is 8.92. The maximum Gasteiger partial charge on any atom is 0.335 e. The lowest BCUT2D eigenvalue weighted by Crippen LogP contribution is -2.05. The standard InChI is InChI=1S/C12H12N2O2/c1-9-5-6-13-14(9)8-10-3-2-4-11(7-10)12(15)16/h2-7H,8H2,1H3,(H,15,16). The second kappa shape index (κ2) is 4.18. The van der Waals surface area contributed by atoms with Gasteiger partial charge in [-0.3, -0.25) is 4.68 Å². The maximum atomic E-state index is 10.8. The van der Waals surface area contributed by atoms with E-state index < -0.39 is 5.97 Å². The summed E-state index contributed by atoms with van der Waals surface area (Å²) in [6.07, 6.45) is 1.73. The molecule has 0 fully saturated rings. The van der Waals surface area contributed by atoms with Crippen LogP contribution < -0.4 is 0 Å². The first-order chi connectivity index (χ1) is 7.66. The van der Waals surface area contributed by atoms with Gasteiger partial charge in [0.2, 0.25) is 0 Å². The third kappa shape index (κ3) is 2.11. The molecule has 1 N–H and O–H groups in total. The van der Waals surface area contributed by atoms with Gasteiger partial charge in [0.25, 0.3) is 0 Å². The minimum absolute atomic E-state index is 0.308. The molecule has 2 rings (SSSR count). The van der Waals surface area contributed by atoms with Crippen molar-refractivity contribution in [3.8, 4) is 0 Å². The van der Waals surface area contributed by atoms with Crippen molar-refractivity contribution in [1.82, 2.24) is 9.78 Å². The molecule has 0 aliphatic heterocycles. The highest BCUT2D eigenvalue weighted by atomic mass is 16.4. The predicted octanol–water partition coefficient (Wildman–Crippen LogP) is 1.94. The van der Waals surface area contributed by atoms with Crippen LogP contribution in [0.3, 0.4) is 0 Å². The molecule has 4 heteroatoms. The van der Waals surface area contributed by atoms with Crippen LogP contribution in [-0.4, -0.2) is 20.9 Å². The number of hydrogen-bond acceptors (Lipinski definition) is 2. The van der Waals surface area contributed by atoms with E-state index in [1.807, 2.05) is 23.7 Å². The molecule has 0 saturated carbocycles. The van der Waals surface area contributed by atoms with Crippen LogP contribution in [0.25, 0.3) is 0 Å². The van der Waals surface area contributed by atoms with Gasteiger partial charge in [-0.25, -0.2) is 4.79 Å². The Morgan fingerprint density at radius 1 is 1.44 bits per heavy atom. The second-order valence-corrected chi connectivity index (χ2v) is 3.64. The largest absolute Gasteiger partial charge is 0.478 e.